The van der Waals surface area contributed by atoms with E-state index in [-0.39, 0.29) is 9.76 Å². The van der Waals surface area contributed by atoms with Crippen LogP contribution in [0, 0.1) is 0 Å². The van der Waals surface area contributed by atoms with Crippen LogP contribution in [0.3, 0.4) is 0 Å². The van der Waals surface area contributed by atoms with E-state index in [0.29, 0.717) is 0 Å². The van der Waals surface area contributed by atoms with Crippen LogP contribution >= 0.6 is 0 Å². The minimum absolute atomic E-state index is 0.0783. The Balaban J connectivity index is 2.26. The summed E-state index contributed by atoms with van der Waals surface area (Å²) in [4.78, 5) is 0. The Bertz CT molecular complexity index is 52.6. The fourth-order valence-corrected chi connectivity index (χ4v) is 1.33. The molecule has 0 unspecified atom stereocenters. The van der Waals surface area contributed by atoms with Crippen molar-refractivity contribution in [1.29, 1.82) is 0 Å². The molecule has 0 bridgehead atoms. The predicted octanol–water partition coefficient (Wildman–Crippen LogP) is 0.422. The van der Waals surface area contributed by atoms with Gasteiger partial charge in [0.25, 0.3) is 0 Å². The first kappa shape index (κ1) is 3.93. The molecule has 1 aliphatic rings. The molecular weight excluding hydrogens is 92.1 g/mol. The van der Waals surface area contributed by atoms with Crippen LogP contribution in [0.4, 0.5) is 0 Å². The van der Waals surface area contributed by atoms with E-state index in [1.165, 1.54) is 12.5 Å². The van der Waals surface area contributed by atoms with Gasteiger partial charge in [0.15, 0.2) is 0 Å². The van der Waals surface area contributed by atoms with E-state index in [1.54, 1.807) is 0 Å². The molecule has 1 heterocycles. The molecule has 0 amide bonds. The third-order valence-electron chi connectivity index (χ3n) is 0.825. The van der Waals surface area contributed by atoms with Gasteiger partial charge in [-0.05, 0) is 12.5 Å². The first-order valence-electron chi connectivity index (χ1n) is 2.27. The van der Waals surface area contributed by atoms with Gasteiger partial charge in [0, 0.05) is 0 Å². The van der Waals surface area contributed by atoms with E-state index in [0.717, 1.165) is 0 Å². The molecule has 1 aliphatic heterocycles. The molecule has 0 aliphatic carbocycles. The number of hydrogen-bond donors (Lipinski definition) is 0. The van der Waals surface area contributed by atoms with E-state index < -0.39 is 0 Å². The Labute approximate surface area is 39.9 Å². The van der Waals surface area contributed by atoms with Crippen LogP contribution < -0.4 is 0 Å². The summed E-state index contributed by atoms with van der Waals surface area (Å²) >= 11 is 0. The topological polar surface area (TPSA) is 9.23 Å². The van der Waals surface area contributed by atoms with Crippen LogP contribution in [-0.2, 0) is 4.43 Å². The van der Waals surface area contributed by atoms with Crippen LogP contribution in [-0.4, -0.2) is 9.76 Å². The normalized spacial score (nSPS) is 24.0. The highest BCUT2D eigenvalue weighted by molar-refractivity contribution is 6.27. The lowest BCUT2D eigenvalue weighted by Gasteiger charge is -2.01. The third-order valence-corrected chi connectivity index (χ3v) is 1.95. The van der Waals surface area contributed by atoms with E-state index in [1.807, 2.05) is 6.26 Å². The summed E-state index contributed by atoms with van der Waals surface area (Å²) in [7, 11) is -0.0783. The molecule has 0 radical (unpaired) electrons. The van der Waals surface area contributed by atoms with Crippen molar-refractivity contribution in [2.24, 2.45) is 0 Å². The first-order chi connectivity index (χ1) is 3.00. The summed E-state index contributed by atoms with van der Waals surface area (Å²) in [6.07, 6.45) is 5.17. The zero-order valence-electron chi connectivity index (χ0n) is 3.68. The summed E-state index contributed by atoms with van der Waals surface area (Å²) in [6.45, 7) is 0. The van der Waals surface area contributed by atoms with Gasteiger partial charge in [0.05, 0.1) is 6.26 Å². The predicted molar refractivity (Wildman–Crippen MR) is 28.2 cm³/mol. The second kappa shape index (κ2) is 2.03. The Morgan fingerprint density at radius 1 is 1.67 bits per heavy atom. The lowest BCUT2D eigenvalue weighted by Crippen LogP contribution is -1.94. The third kappa shape index (κ3) is 0.862. The molecule has 0 saturated carbocycles. The minimum atomic E-state index is -0.0783. The fraction of sp³-hybridized carbons (Fsp3) is 0.500. The maximum atomic E-state index is 5.03. The molecule has 0 aromatic carbocycles. The molecular formula is C4H8OSi. The molecule has 0 fully saturated rings. The molecule has 0 atom stereocenters. The van der Waals surface area contributed by atoms with Crippen molar-refractivity contribution in [1.82, 2.24) is 0 Å². The van der Waals surface area contributed by atoms with Gasteiger partial charge in [-0.1, -0.05) is 6.08 Å². The molecule has 0 saturated heterocycles. The van der Waals surface area contributed by atoms with Gasteiger partial charge in [-0.15, -0.1) is 0 Å². The Kier molecular flexibility index (Phi) is 1.33. The Morgan fingerprint density at radius 3 is 2.83 bits per heavy atom. The number of hydrogen-bond acceptors (Lipinski definition) is 1. The average molecular weight is 100 g/mol. The molecule has 1 nitrogen and oxygen atoms in total. The van der Waals surface area contributed by atoms with Crippen molar-refractivity contribution in [2.45, 2.75) is 12.5 Å². The van der Waals surface area contributed by atoms with Crippen molar-refractivity contribution < 1.29 is 4.43 Å². The molecule has 0 spiro atoms. The summed E-state index contributed by atoms with van der Waals surface area (Å²) in [5.74, 6) is 0. The van der Waals surface area contributed by atoms with Gasteiger partial charge in [-0.3, -0.25) is 0 Å². The number of rotatable bonds is 0. The van der Waals surface area contributed by atoms with Crippen molar-refractivity contribution in [3.8, 4) is 0 Å². The molecule has 0 N–H and O–H groups in total. The molecule has 1 rings (SSSR count). The van der Waals surface area contributed by atoms with Crippen LogP contribution in [0.25, 0.3) is 0 Å². The van der Waals surface area contributed by atoms with E-state index in [2.05, 4.69) is 6.08 Å². The molecule has 2 heteroatoms. The zero-order valence-corrected chi connectivity index (χ0v) is 5.10. The lowest BCUT2D eigenvalue weighted by molar-refractivity contribution is 0.499. The van der Waals surface area contributed by atoms with E-state index in [9.17, 15) is 0 Å². The minimum Gasteiger partial charge on any atom is -0.555 e. The SMILES string of the molecule is C1=CO[SiH2]CC1. The summed E-state index contributed by atoms with van der Waals surface area (Å²) in [5, 5.41) is 0. The summed E-state index contributed by atoms with van der Waals surface area (Å²) in [6, 6.07) is 1.33. The van der Waals surface area contributed by atoms with Gasteiger partial charge in [0.1, 0.15) is 0 Å². The van der Waals surface area contributed by atoms with Gasteiger partial charge >= 0.3 is 0 Å². The average Bonchev–Trinajstić information content (AvgIpc) is 1.72. The van der Waals surface area contributed by atoms with Gasteiger partial charge in [0.2, 0.25) is 9.76 Å². The summed E-state index contributed by atoms with van der Waals surface area (Å²) < 4.78 is 5.03. The summed E-state index contributed by atoms with van der Waals surface area (Å²) in [5.41, 5.74) is 0. The monoisotopic (exact) mass is 100 g/mol. The highest BCUT2D eigenvalue weighted by Crippen LogP contribution is 1.97. The maximum absolute atomic E-state index is 5.03. The quantitative estimate of drug-likeness (QED) is 0.401. The van der Waals surface area contributed by atoms with Gasteiger partial charge in [-0.25, -0.2) is 0 Å². The lowest BCUT2D eigenvalue weighted by atomic mass is 10.5. The Hall–Kier alpha value is -0.243. The second-order valence-electron chi connectivity index (χ2n) is 1.38. The maximum Gasteiger partial charge on any atom is 0.219 e. The van der Waals surface area contributed by atoms with Gasteiger partial charge in [-0.2, -0.15) is 0 Å². The van der Waals surface area contributed by atoms with Crippen molar-refractivity contribution >= 4 is 9.76 Å². The van der Waals surface area contributed by atoms with Crippen LogP contribution in [0.1, 0.15) is 6.42 Å². The second-order valence-corrected chi connectivity index (χ2v) is 2.83. The smallest absolute Gasteiger partial charge is 0.219 e. The van der Waals surface area contributed by atoms with E-state index >= 15 is 0 Å². The standard InChI is InChI=1S/C4H8OSi/c1-2-4-6-5-3-1/h1,3H,2,4,6H2. The Morgan fingerprint density at radius 2 is 2.67 bits per heavy atom. The van der Waals surface area contributed by atoms with Crippen molar-refractivity contribution in [3.63, 3.8) is 0 Å². The number of allylic oxidation sites excluding steroid dienone is 1. The molecule has 34 valence electrons. The van der Waals surface area contributed by atoms with Crippen molar-refractivity contribution in [2.75, 3.05) is 0 Å². The molecule has 0 aromatic heterocycles. The fourth-order valence-electron chi connectivity index (χ4n) is 0.489. The highest BCUT2D eigenvalue weighted by Gasteiger charge is 1.88. The van der Waals surface area contributed by atoms with Crippen LogP contribution in [0.2, 0.25) is 6.04 Å². The molecule has 0 aromatic rings. The van der Waals surface area contributed by atoms with Crippen molar-refractivity contribution in [3.05, 3.63) is 12.3 Å². The van der Waals surface area contributed by atoms with Gasteiger partial charge < -0.3 is 4.43 Å². The first-order valence-corrected chi connectivity index (χ1v) is 3.84. The zero-order chi connectivity index (χ0) is 4.24. The van der Waals surface area contributed by atoms with Crippen LogP contribution in [0.15, 0.2) is 12.3 Å². The van der Waals surface area contributed by atoms with E-state index in [4.69, 9.17) is 4.43 Å². The van der Waals surface area contributed by atoms with Crippen LogP contribution in [0.5, 0.6) is 0 Å². The highest BCUT2D eigenvalue weighted by atomic mass is 28.2. The largest absolute Gasteiger partial charge is 0.555 e. The molecule has 6 heavy (non-hydrogen) atoms.